The number of piperidine rings is 1. The van der Waals surface area contributed by atoms with Crippen LogP contribution in [0.2, 0.25) is 0 Å². The highest BCUT2D eigenvalue weighted by Gasteiger charge is 2.39. The van der Waals surface area contributed by atoms with E-state index in [1.54, 1.807) is 0 Å². The Balaban J connectivity index is 1.44. The van der Waals surface area contributed by atoms with Crippen LogP contribution in [0.5, 0.6) is 0 Å². The lowest BCUT2D eigenvalue weighted by Gasteiger charge is -2.40. The van der Waals surface area contributed by atoms with Crippen molar-refractivity contribution >= 4 is 5.91 Å². The van der Waals surface area contributed by atoms with E-state index in [4.69, 9.17) is 10.5 Å². The van der Waals surface area contributed by atoms with Gasteiger partial charge in [0.15, 0.2) is 0 Å². The smallest absolute Gasteiger partial charge is 0.242 e. The molecule has 0 spiro atoms. The van der Waals surface area contributed by atoms with E-state index in [0.717, 1.165) is 57.5 Å². The first-order valence-electron chi connectivity index (χ1n) is 9.80. The Hall–Kier alpha value is -0.610. The lowest BCUT2D eigenvalue weighted by atomic mass is 9.81. The normalized spacial score (nSPS) is 32.7. The lowest BCUT2D eigenvalue weighted by molar-refractivity contribution is -0.142. The van der Waals surface area contributed by atoms with Gasteiger partial charge < -0.3 is 15.4 Å². The quantitative estimate of drug-likeness (QED) is 0.868. The van der Waals surface area contributed by atoms with E-state index in [2.05, 4.69) is 6.92 Å². The van der Waals surface area contributed by atoms with Gasteiger partial charge in [-0.25, -0.2) is 0 Å². The summed E-state index contributed by atoms with van der Waals surface area (Å²) in [6.07, 6.45) is 12.9. The van der Waals surface area contributed by atoms with Gasteiger partial charge in [-0.2, -0.15) is 0 Å². The van der Waals surface area contributed by atoms with Gasteiger partial charge in [-0.1, -0.05) is 26.2 Å². The average molecular weight is 322 g/mol. The van der Waals surface area contributed by atoms with Gasteiger partial charge in [0, 0.05) is 13.1 Å². The summed E-state index contributed by atoms with van der Waals surface area (Å²) in [7, 11) is 0. The van der Waals surface area contributed by atoms with Crippen molar-refractivity contribution < 1.29 is 9.53 Å². The molecule has 0 unspecified atom stereocenters. The Kier molecular flexibility index (Phi) is 5.63. The molecule has 4 nitrogen and oxygen atoms in total. The van der Waals surface area contributed by atoms with Gasteiger partial charge in [0.2, 0.25) is 5.91 Å². The van der Waals surface area contributed by atoms with Crippen molar-refractivity contribution in [3.05, 3.63) is 0 Å². The SMILES string of the molecule is CC1CCC(OC2CCN(C(=O)C3(N)CCCCC3)CC2)CC1. The molecule has 0 radical (unpaired) electrons. The second-order valence-corrected chi connectivity index (χ2v) is 8.23. The van der Waals surface area contributed by atoms with Gasteiger partial charge in [-0.05, 0) is 57.3 Å². The summed E-state index contributed by atoms with van der Waals surface area (Å²) in [5, 5.41) is 0. The first-order chi connectivity index (χ1) is 11.1. The van der Waals surface area contributed by atoms with Gasteiger partial charge >= 0.3 is 0 Å². The van der Waals surface area contributed by atoms with Crippen LogP contribution in [0.15, 0.2) is 0 Å². The maximum absolute atomic E-state index is 12.8. The molecule has 3 aliphatic rings. The molecule has 4 heteroatoms. The van der Waals surface area contributed by atoms with Crippen molar-refractivity contribution in [3.8, 4) is 0 Å². The van der Waals surface area contributed by atoms with Gasteiger partial charge in [-0.15, -0.1) is 0 Å². The van der Waals surface area contributed by atoms with Crippen LogP contribution >= 0.6 is 0 Å². The van der Waals surface area contributed by atoms with E-state index >= 15 is 0 Å². The molecule has 2 N–H and O–H groups in total. The third-order valence-electron chi connectivity index (χ3n) is 6.25. The van der Waals surface area contributed by atoms with Crippen LogP contribution in [-0.2, 0) is 9.53 Å². The van der Waals surface area contributed by atoms with Crippen molar-refractivity contribution in [3.63, 3.8) is 0 Å². The largest absolute Gasteiger partial charge is 0.375 e. The molecule has 3 fully saturated rings. The fourth-order valence-corrected chi connectivity index (χ4v) is 4.54. The molecular formula is C19H34N2O2. The summed E-state index contributed by atoms with van der Waals surface area (Å²) in [6, 6.07) is 0. The van der Waals surface area contributed by atoms with Crippen molar-refractivity contribution in [2.24, 2.45) is 11.7 Å². The van der Waals surface area contributed by atoms with Crippen molar-refractivity contribution in [1.29, 1.82) is 0 Å². The number of likely N-dealkylation sites (tertiary alicyclic amines) is 1. The van der Waals surface area contributed by atoms with Crippen LogP contribution in [0, 0.1) is 5.92 Å². The van der Waals surface area contributed by atoms with E-state index in [9.17, 15) is 4.79 Å². The molecule has 1 heterocycles. The molecule has 0 bridgehead atoms. The summed E-state index contributed by atoms with van der Waals surface area (Å²) in [6.45, 7) is 3.99. The molecule has 0 aromatic heterocycles. The molecule has 2 aliphatic carbocycles. The highest BCUT2D eigenvalue weighted by atomic mass is 16.5. The van der Waals surface area contributed by atoms with Crippen LogP contribution in [-0.4, -0.2) is 41.6 Å². The molecule has 132 valence electrons. The zero-order valence-electron chi connectivity index (χ0n) is 14.8. The Morgan fingerprint density at radius 2 is 1.52 bits per heavy atom. The first-order valence-corrected chi connectivity index (χ1v) is 9.80. The maximum atomic E-state index is 12.8. The maximum Gasteiger partial charge on any atom is 0.242 e. The monoisotopic (exact) mass is 322 g/mol. The molecule has 1 saturated heterocycles. The fourth-order valence-electron chi connectivity index (χ4n) is 4.54. The topological polar surface area (TPSA) is 55.6 Å². The van der Waals surface area contributed by atoms with Crippen LogP contribution in [0.4, 0.5) is 0 Å². The van der Waals surface area contributed by atoms with Crippen molar-refractivity contribution in [1.82, 2.24) is 4.90 Å². The summed E-state index contributed by atoms with van der Waals surface area (Å²) in [5.74, 6) is 1.06. The van der Waals surface area contributed by atoms with E-state index in [0.29, 0.717) is 12.2 Å². The number of rotatable bonds is 3. The third-order valence-corrected chi connectivity index (χ3v) is 6.25. The molecule has 0 aromatic rings. The van der Waals surface area contributed by atoms with Gasteiger partial charge in [0.05, 0.1) is 17.7 Å². The van der Waals surface area contributed by atoms with Crippen LogP contribution < -0.4 is 5.73 Å². The van der Waals surface area contributed by atoms with E-state index in [1.165, 1.54) is 32.1 Å². The molecule has 0 atom stereocenters. The first kappa shape index (κ1) is 17.2. The molecular weight excluding hydrogens is 288 g/mol. The zero-order valence-corrected chi connectivity index (χ0v) is 14.8. The summed E-state index contributed by atoms with van der Waals surface area (Å²) < 4.78 is 6.31. The van der Waals surface area contributed by atoms with Crippen LogP contribution in [0.25, 0.3) is 0 Å². The Bertz CT molecular complexity index is 390. The number of hydrogen-bond donors (Lipinski definition) is 1. The number of nitrogens with zero attached hydrogens (tertiary/aromatic N) is 1. The molecule has 0 aromatic carbocycles. The van der Waals surface area contributed by atoms with Crippen LogP contribution in [0.3, 0.4) is 0 Å². The van der Waals surface area contributed by atoms with Gasteiger partial charge in [0.25, 0.3) is 0 Å². The number of ether oxygens (including phenoxy) is 1. The molecule has 1 aliphatic heterocycles. The van der Waals surface area contributed by atoms with Gasteiger partial charge in [0.1, 0.15) is 0 Å². The Morgan fingerprint density at radius 1 is 0.957 bits per heavy atom. The fraction of sp³-hybridized carbons (Fsp3) is 0.947. The van der Waals surface area contributed by atoms with E-state index < -0.39 is 5.54 Å². The van der Waals surface area contributed by atoms with E-state index in [-0.39, 0.29) is 5.91 Å². The second-order valence-electron chi connectivity index (χ2n) is 8.23. The molecule has 1 amide bonds. The molecule has 2 saturated carbocycles. The molecule has 3 rings (SSSR count). The number of nitrogens with two attached hydrogens (primary N) is 1. The van der Waals surface area contributed by atoms with E-state index in [1.807, 2.05) is 4.90 Å². The number of carbonyl (C=O) groups excluding carboxylic acids is 1. The minimum absolute atomic E-state index is 0.196. The predicted molar refractivity (Wildman–Crippen MR) is 92.1 cm³/mol. The number of carbonyl (C=O) groups is 1. The van der Waals surface area contributed by atoms with Crippen molar-refractivity contribution in [2.45, 2.75) is 95.3 Å². The van der Waals surface area contributed by atoms with Crippen LogP contribution in [0.1, 0.15) is 77.6 Å². The summed E-state index contributed by atoms with van der Waals surface area (Å²) in [5.41, 5.74) is 5.83. The molecule has 23 heavy (non-hydrogen) atoms. The second kappa shape index (κ2) is 7.52. The predicted octanol–water partition coefficient (Wildman–Crippen LogP) is 3.23. The van der Waals surface area contributed by atoms with Crippen molar-refractivity contribution in [2.75, 3.05) is 13.1 Å². The third kappa shape index (κ3) is 4.27. The lowest BCUT2D eigenvalue weighted by Crippen LogP contribution is -2.58. The Labute approximate surface area is 141 Å². The standard InChI is InChI=1S/C19H34N2O2/c1-15-5-7-16(8-6-15)23-17-9-13-21(14-10-17)18(22)19(20)11-3-2-4-12-19/h15-17H,2-14,20H2,1H3. The average Bonchev–Trinajstić information content (AvgIpc) is 2.58. The zero-order chi connectivity index (χ0) is 16.3. The summed E-state index contributed by atoms with van der Waals surface area (Å²) >= 11 is 0. The number of amides is 1. The Morgan fingerprint density at radius 3 is 2.13 bits per heavy atom. The minimum atomic E-state index is -0.578. The summed E-state index contributed by atoms with van der Waals surface area (Å²) in [4.78, 5) is 14.8. The highest BCUT2D eigenvalue weighted by Crippen LogP contribution is 2.31. The highest BCUT2D eigenvalue weighted by molar-refractivity contribution is 5.86. The minimum Gasteiger partial charge on any atom is -0.375 e. The number of hydrogen-bond acceptors (Lipinski definition) is 3. The van der Waals surface area contributed by atoms with Gasteiger partial charge in [-0.3, -0.25) is 4.79 Å².